The van der Waals surface area contributed by atoms with Crippen LogP contribution >= 0.6 is 11.6 Å². The van der Waals surface area contributed by atoms with E-state index in [1.807, 2.05) is 24.3 Å². The normalized spacial score (nSPS) is 12.3. The minimum absolute atomic E-state index is 0.353. The van der Waals surface area contributed by atoms with Gasteiger partial charge in [-0.15, -0.1) is 0 Å². The predicted octanol–water partition coefficient (Wildman–Crippen LogP) is 3.25. The highest BCUT2D eigenvalue weighted by molar-refractivity contribution is 7.92. The number of anilines is 1. The van der Waals surface area contributed by atoms with Crippen LogP contribution in [0.3, 0.4) is 0 Å². The van der Waals surface area contributed by atoms with Gasteiger partial charge >= 0.3 is 0 Å². The highest BCUT2D eigenvalue weighted by Gasteiger charge is 2.29. The quantitative estimate of drug-likeness (QED) is 0.627. The Hall–Kier alpha value is -2.25. The second-order valence-electron chi connectivity index (χ2n) is 6.42. The Morgan fingerprint density at radius 3 is 2.57 bits per heavy atom. The summed E-state index contributed by atoms with van der Waals surface area (Å²) in [4.78, 5) is 12.5. The molecule has 28 heavy (non-hydrogen) atoms. The number of carbonyl (C=O) groups excluding carboxylic acids is 1. The van der Waals surface area contributed by atoms with Crippen LogP contribution in [-0.4, -0.2) is 40.3 Å². The fourth-order valence-electron chi connectivity index (χ4n) is 2.97. The number of ether oxygens (including phenoxy) is 1. The molecule has 0 heterocycles. The van der Waals surface area contributed by atoms with E-state index in [0.29, 0.717) is 23.7 Å². The summed E-state index contributed by atoms with van der Waals surface area (Å²) < 4.78 is 30.9. The van der Waals surface area contributed by atoms with Crippen LogP contribution in [0.25, 0.3) is 0 Å². The molecule has 0 aliphatic rings. The number of sulfonamides is 1. The Balaban J connectivity index is 1.99. The van der Waals surface area contributed by atoms with Crippen molar-refractivity contribution in [3.63, 3.8) is 0 Å². The van der Waals surface area contributed by atoms with Gasteiger partial charge in [0.1, 0.15) is 11.8 Å². The molecule has 152 valence electrons. The van der Waals surface area contributed by atoms with Crippen LogP contribution in [0.5, 0.6) is 5.75 Å². The van der Waals surface area contributed by atoms with Gasteiger partial charge in [0.05, 0.1) is 19.1 Å². The number of hydrogen-bond acceptors (Lipinski definition) is 4. The van der Waals surface area contributed by atoms with E-state index in [4.69, 9.17) is 16.3 Å². The van der Waals surface area contributed by atoms with Gasteiger partial charge in [-0.2, -0.15) is 0 Å². The Bertz CT molecular complexity index is 918. The van der Waals surface area contributed by atoms with Crippen LogP contribution in [0.4, 0.5) is 5.69 Å². The van der Waals surface area contributed by atoms with Crippen molar-refractivity contribution >= 4 is 33.2 Å². The van der Waals surface area contributed by atoms with Gasteiger partial charge in [0, 0.05) is 11.6 Å². The average molecular weight is 425 g/mol. The Morgan fingerprint density at radius 1 is 1.21 bits per heavy atom. The van der Waals surface area contributed by atoms with E-state index in [1.54, 1.807) is 32.2 Å². The topological polar surface area (TPSA) is 75.7 Å². The maximum Gasteiger partial charge on any atom is 0.243 e. The first-order valence-electron chi connectivity index (χ1n) is 8.88. The first kappa shape index (κ1) is 22.0. The molecule has 0 fully saturated rings. The zero-order valence-electron chi connectivity index (χ0n) is 16.2. The van der Waals surface area contributed by atoms with E-state index in [9.17, 15) is 13.2 Å². The molecular formula is C20H25ClN2O4S. The van der Waals surface area contributed by atoms with E-state index < -0.39 is 16.1 Å². The number of benzene rings is 2. The van der Waals surface area contributed by atoms with Gasteiger partial charge in [-0.3, -0.25) is 9.10 Å². The molecule has 0 aromatic heterocycles. The summed E-state index contributed by atoms with van der Waals surface area (Å²) in [5.41, 5.74) is 1.41. The van der Waals surface area contributed by atoms with Crippen molar-refractivity contribution in [3.8, 4) is 5.75 Å². The largest absolute Gasteiger partial charge is 0.496 e. The zero-order chi connectivity index (χ0) is 20.7. The lowest BCUT2D eigenvalue weighted by atomic mass is 10.1. The number of rotatable bonds is 9. The number of nitrogens with one attached hydrogen (secondary N) is 1. The minimum atomic E-state index is -3.66. The summed E-state index contributed by atoms with van der Waals surface area (Å²) in [6.45, 7) is 1.98. The number of amides is 1. The second kappa shape index (κ2) is 9.80. The molecule has 1 atom stereocenters. The molecule has 0 saturated heterocycles. The molecule has 0 unspecified atom stereocenters. The SMILES string of the molecule is COc1ccccc1CCCNC(=O)[C@@H](C)N(c1cccc(Cl)c1)S(C)(=O)=O. The molecule has 1 N–H and O–H groups in total. The van der Waals surface area contributed by atoms with E-state index in [0.717, 1.165) is 28.3 Å². The van der Waals surface area contributed by atoms with E-state index in [2.05, 4.69) is 5.32 Å². The van der Waals surface area contributed by atoms with Crippen LogP contribution < -0.4 is 14.4 Å². The fourth-order valence-corrected chi connectivity index (χ4v) is 4.32. The summed E-state index contributed by atoms with van der Waals surface area (Å²) in [6, 6.07) is 13.2. The van der Waals surface area contributed by atoms with E-state index in [1.165, 1.54) is 6.07 Å². The molecule has 0 aliphatic carbocycles. The van der Waals surface area contributed by atoms with Crippen molar-refractivity contribution in [1.82, 2.24) is 5.32 Å². The van der Waals surface area contributed by atoms with Gasteiger partial charge in [0.25, 0.3) is 0 Å². The van der Waals surface area contributed by atoms with Gasteiger partial charge in [0.15, 0.2) is 0 Å². The van der Waals surface area contributed by atoms with Crippen LogP contribution in [0, 0.1) is 0 Å². The molecule has 6 nitrogen and oxygen atoms in total. The van der Waals surface area contributed by atoms with Crippen LogP contribution in [-0.2, 0) is 21.2 Å². The van der Waals surface area contributed by atoms with Gasteiger partial charge in [-0.05, 0) is 49.6 Å². The van der Waals surface area contributed by atoms with Crippen molar-refractivity contribution in [3.05, 3.63) is 59.1 Å². The number of halogens is 1. The maximum atomic E-state index is 12.5. The molecule has 0 saturated carbocycles. The summed E-state index contributed by atoms with van der Waals surface area (Å²) >= 11 is 5.98. The Kier molecular flexibility index (Phi) is 7.71. The molecular weight excluding hydrogens is 400 g/mol. The number of nitrogens with zero attached hydrogens (tertiary/aromatic N) is 1. The highest BCUT2D eigenvalue weighted by atomic mass is 35.5. The fraction of sp³-hybridized carbons (Fsp3) is 0.350. The molecule has 0 bridgehead atoms. The lowest BCUT2D eigenvalue weighted by Crippen LogP contribution is -2.48. The molecule has 0 aliphatic heterocycles. The van der Waals surface area contributed by atoms with E-state index in [-0.39, 0.29) is 5.91 Å². The van der Waals surface area contributed by atoms with Gasteiger partial charge in [-0.1, -0.05) is 35.9 Å². The van der Waals surface area contributed by atoms with E-state index >= 15 is 0 Å². The highest BCUT2D eigenvalue weighted by Crippen LogP contribution is 2.24. The molecule has 0 radical (unpaired) electrons. The molecule has 2 rings (SSSR count). The first-order valence-corrected chi connectivity index (χ1v) is 11.1. The first-order chi connectivity index (χ1) is 13.2. The minimum Gasteiger partial charge on any atom is -0.496 e. The average Bonchev–Trinajstić information content (AvgIpc) is 2.64. The molecule has 1 amide bonds. The summed E-state index contributed by atoms with van der Waals surface area (Å²) in [6.07, 6.45) is 2.51. The zero-order valence-corrected chi connectivity index (χ0v) is 17.8. The van der Waals surface area contributed by atoms with Crippen molar-refractivity contribution in [2.24, 2.45) is 0 Å². The third-order valence-corrected chi connectivity index (χ3v) is 5.74. The molecule has 2 aromatic rings. The predicted molar refractivity (Wildman–Crippen MR) is 113 cm³/mol. The Morgan fingerprint density at radius 2 is 1.93 bits per heavy atom. The van der Waals surface area contributed by atoms with Crippen molar-refractivity contribution in [1.29, 1.82) is 0 Å². The van der Waals surface area contributed by atoms with Crippen LogP contribution in [0.1, 0.15) is 18.9 Å². The van der Waals surface area contributed by atoms with Gasteiger partial charge in [-0.25, -0.2) is 8.42 Å². The van der Waals surface area contributed by atoms with Crippen molar-refractivity contribution < 1.29 is 17.9 Å². The lowest BCUT2D eigenvalue weighted by Gasteiger charge is -2.28. The van der Waals surface area contributed by atoms with Gasteiger partial charge in [0.2, 0.25) is 15.9 Å². The number of aryl methyl sites for hydroxylation is 1. The number of carbonyl (C=O) groups is 1. The van der Waals surface area contributed by atoms with Crippen LogP contribution in [0.15, 0.2) is 48.5 Å². The maximum absolute atomic E-state index is 12.5. The number of hydrogen-bond donors (Lipinski definition) is 1. The summed E-state index contributed by atoms with van der Waals surface area (Å²) in [5.74, 6) is 0.442. The Labute approximate surface area is 171 Å². The van der Waals surface area contributed by atoms with Crippen molar-refractivity contribution in [2.75, 3.05) is 24.2 Å². The number of methoxy groups -OCH3 is 1. The smallest absolute Gasteiger partial charge is 0.243 e. The summed E-state index contributed by atoms with van der Waals surface area (Å²) in [7, 11) is -2.04. The summed E-state index contributed by atoms with van der Waals surface area (Å²) in [5, 5.41) is 3.21. The monoisotopic (exact) mass is 424 g/mol. The lowest BCUT2D eigenvalue weighted by molar-refractivity contribution is -0.121. The van der Waals surface area contributed by atoms with Gasteiger partial charge < -0.3 is 10.1 Å². The molecule has 0 spiro atoms. The van der Waals surface area contributed by atoms with Crippen molar-refractivity contribution in [2.45, 2.75) is 25.8 Å². The standard InChI is InChI=1S/C20H25ClN2O4S/c1-15(23(28(3,25)26)18-11-6-10-17(21)14-18)20(24)22-13-7-9-16-8-4-5-12-19(16)27-2/h4-6,8,10-12,14-15H,7,9,13H2,1-3H3,(H,22,24)/t15-/m1/s1. The molecule has 2 aromatic carbocycles. The number of para-hydroxylation sites is 1. The third kappa shape index (κ3) is 5.87. The molecule has 8 heteroatoms. The van der Waals surface area contributed by atoms with Crippen LogP contribution in [0.2, 0.25) is 5.02 Å². The second-order valence-corrected chi connectivity index (χ2v) is 8.72. The third-order valence-electron chi connectivity index (χ3n) is 4.27.